The number of carbonyl (C=O) groups is 1. The van der Waals surface area contributed by atoms with Gasteiger partial charge in [0, 0.05) is 24.3 Å². The van der Waals surface area contributed by atoms with E-state index in [1.54, 1.807) is 12.1 Å². The highest BCUT2D eigenvalue weighted by Crippen LogP contribution is 2.20. The molecule has 146 valence electrons. The van der Waals surface area contributed by atoms with Gasteiger partial charge in [0.05, 0.1) is 11.4 Å². The second kappa shape index (κ2) is 7.57. The molecule has 0 unspecified atom stereocenters. The fraction of sp³-hybridized carbons (Fsp3) is 0.200. The van der Waals surface area contributed by atoms with Crippen LogP contribution in [0.25, 0.3) is 10.9 Å². The summed E-state index contributed by atoms with van der Waals surface area (Å²) < 4.78 is 26.6. The van der Waals surface area contributed by atoms with Crippen molar-refractivity contribution in [1.82, 2.24) is 9.29 Å². The fourth-order valence-electron chi connectivity index (χ4n) is 2.90. The third-order valence-electron chi connectivity index (χ3n) is 4.43. The molecule has 8 heteroatoms. The summed E-state index contributed by atoms with van der Waals surface area (Å²) in [5.74, 6) is -0.428. The maximum Gasteiger partial charge on any atom is 0.248 e. The Morgan fingerprint density at radius 2 is 1.82 bits per heavy atom. The quantitative estimate of drug-likeness (QED) is 0.688. The van der Waals surface area contributed by atoms with Gasteiger partial charge in [-0.3, -0.25) is 9.59 Å². The van der Waals surface area contributed by atoms with Gasteiger partial charge in [-0.1, -0.05) is 17.7 Å². The number of fused-ring (bicyclic) bond motifs is 1. The number of benzene rings is 2. The summed E-state index contributed by atoms with van der Waals surface area (Å²) in [5.41, 5.74) is 2.91. The molecule has 2 aromatic carbocycles. The van der Waals surface area contributed by atoms with Crippen LogP contribution in [0.3, 0.4) is 0 Å². The van der Waals surface area contributed by atoms with Crippen LogP contribution >= 0.6 is 0 Å². The molecule has 0 saturated heterocycles. The number of pyridine rings is 1. The molecule has 3 rings (SSSR count). The topological polar surface area (TPSA) is 99.3 Å². The molecule has 0 radical (unpaired) electrons. The Morgan fingerprint density at radius 1 is 1.07 bits per heavy atom. The van der Waals surface area contributed by atoms with Crippen LogP contribution < -0.4 is 10.9 Å². The van der Waals surface area contributed by atoms with Gasteiger partial charge in [0.15, 0.2) is 0 Å². The number of aromatic amines is 1. The lowest BCUT2D eigenvalue weighted by Crippen LogP contribution is -2.35. The minimum atomic E-state index is -3.86. The smallest absolute Gasteiger partial charge is 0.248 e. The van der Waals surface area contributed by atoms with E-state index < -0.39 is 15.9 Å². The van der Waals surface area contributed by atoms with Gasteiger partial charge >= 0.3 is 0 Å². The minimum absolute atomic E-state index is 0.0499. The molecule has 28 heavy (non-hydrogen) atoms. The van der Waals surface area contributed by atoms with Crippen molar-refractivity contribution in [3.63, 3.8) is 0 Å². The summed E-state index contributed by atoms with van der Waals surface area (Å²) >= 11 is 0. The average Bonchev–Trinajstić information content (AvgIpc) is 2.63. The van der Waals surface area contributed by atoms with Gasteiger partial charge in [-0.15, -0.1) is 0 Å². The number of aromatic nitrogens is 1. The summed E-state index contributed by atoms with van der Waals surface area (Å²) in [4.78, 5) is 26.4. The molecule has 3 aromatic rings. The normalized spacial score (nSPS) is 11.7. The van der Waals surface area contributed by atoms with Crippen LogP contribution in [0.15, 0.2) is 58.2 Å². The number of sulfonamides is 1. The van der Waals surface area contributed by atoms with Crippen molar-refractivity contribution < 1.29 is 13.2 Å². The monoisotopic (exact) mass is 399 g/mol. The number of hydrogen-bond donors (Lipinski definition) is 2. The zero-order valence-electron chi connectivity index (χ0n) is 15.8. The zero-order valence-corrected chi connectivity index (χ0v) is 16.6. The van der Waals surface area contributed by atoms with E-state index in [-0.39, 0.29) is 17.0 Å². The third kappa shape index (κ3) is 4.13. The van der Waals surface area contributed by atoms with Crippen LogP contribution in [0.5, 0.6) is 0 Å². The van der Waals surface area contributed by atoms with E-state index in [1.165, 1.54) is 31.3 Å². The highest BCUT2D eigenvalue weighted by molar-refractivity contribution is 7.89. The van der Waals surface area contributed by atoms with E-state index in [2.05, 4.69) is 10.3 Å². The van der Waals surface area contributed by atoms with Crippen molar-refractivity contribution in [3.05, 3.63) is 70.0 Å². The lowest BCUT2D eigenvalue weighted by molar-refractivity contribution is -0.116. The number of nitrogens with one attached hydrogen (secondary N) is 2. The predicted molar refractivity (Wildman–Crippen MR) is 109 cm³/mol. The number of hydrogen-bond acceptors (Lipinski definition) is 4. The summed E-state index contributed by atoms with van der Waals surface area (Å²) in [7, 11) is -2.51. The zero-order chi connectivity index (χ0) is 20.5. The molecule has 0 saturated carbocycles. The molecule has 7 nitrogen and oxygen atoms in total. The molecule has 0 atom stereocenters. The van der Waals surface area contributed by atoms with Gasteiger partial charge in [0.1, 0.15) is 0 Å². The number of H-pyrrole nitrogens is 1. The van der Waals surface area contributed by atoms with Gasteiger partial charge < -0.3 is 10.3 Å². The largest absolute Gasteiger partial charge is 0.325 e. The van der Waals surface area contributed by atoms with Crippen LogP contribution in [0.4, 0.5) is 5.69 Å². The fourth-order valence-corrected chi connectivity index (χ4v) is 4.07. The lowest BCUT2D eigenvalue weighted by atomic mass is 10.1. The van der Waals surface area contributed by atoms with Crippen molar-refractivity contribution >= 4 is 32.5 Å². The molecule has 0 aliphatic carbocycles. The molecule has 0 aliphatic rings. The molecule has 0 bridgehead atoms. The SMILES string of the molecule is Cc1ccc(NC(=O)CN(C)S(=O)(=O)c2ccc3[nH]c(=O)ccc3c2)c(C)c1. The van der Waals surface area contributed by atoms with Gasteiger partial charge in [0.2, 0.25) is 21.5 Å². The van der Waals surface area contributed by atoms with Crippen LogP contribution in [-0.4, -0.2) is 37.2 Å². The number of carbonyl (C=O) groups excluding carboxylic acids is 1. The van der Waals surface area contributed by atoms with Crippen molar-refractivity contribution in [3.8, 4) is 0 Å². The Hall–Kier alpha value is -2.97. The molecule has 1 heterocycles. The lowest BCUT2D eigenvalue weighted by Gasteiger charge is -2.18. The van der Waals surface area contributed by atoms with E-state index in [0.29, 0.717) is 16.6 Å². The van der Waals surface area contributed by atoms with E-state index in [1.807, 2.05) is 26.0 Å². The highest BCUT2D eigenvalue weighted by atomic mass is 32.2. The van der Waals surface area contributed by atoms with Crippen molar-refractivity contribution in [2.24, 2.45) is 0 Å². The van der Waals surface area contributed by atoms with Crippen molar-refractivity contribution in [2.75, 3.05) is 18.9 Å². The first-order valence-electron chi connectivity index (χ1n) is 8.63. The second-order valence-electron chi connectivity index (χ2n) is 6.70. The van der Waals surface area contributed by atoms with E-state index in [9.17, 15) is 18.0 Å². The van der Waals surface area contributed by atoms with Crippen molar-refractivity contribution in [1.29, 1.82) is 0 Å². The Balaban J connectivity index is 1.78. The molecular weight excluding hydrogens is 378 g/mol. The summed E-state index contributed by atoms with van der Waals surface area (Å²) in [5, 5.41) is 3.33. The summed E-state index contributed by atoms with van der Waals surface area (Å²) in [6.45, 7) is 3.51. The molecule has 1 aromatic heterocycles. The third-order valence-corrected chi connectivity index (χ3v) is 6.22. The summed E-state index contributed by atoms with van der Waals surface area (Å²) in [6, 6.07) is 12.9. The van der Waals surface area contributed by atoms with E-state index in [4.69, 9.17) is 0 Å². The molecule has 2 N–H and O–H groups in total. The summed E-state index contributed by atoms with van der Waals surface area (Å²) in [6.07, 6.45) is 0. The molecule has 0 fully saturated rings. The van der Waals surface area contributed by atoms with Crippen LogP contribution in [0, 0.1) is 13.8 Å². The number of likely N-dealkylation sites (N-methyl/N-ethyl adjacent to an activating group) is 1. The van der Waals surface area contributed by atoms with Crippen LogP contribution in [0.2, 0.25) is 0 Å². The Bertz CT molecular complexity index is 1220. The molecule has 0 aliphatic heterocycles. The van der Waals surface area contributed by atoms with Gasteiger partial charge in [0.25, 0.3) is 0 Å². The Morgan fingerprint density at radius 3 is 2.54 bits per heavy atom. The minimum Gasteiger partial charge on any atom is -0.325 e. The number of nitrogens with zero attached hydrogens (tertiary/aromatic N) is 1. The molecular formula is C20H21N3O4S. The predicted octanol–water partition coefficient (Wildman–Crippen LogP) is 2.40. The molecule has 0 spiro atoms. The first kappa shape index (κ1) is 19.8. The standard InChI is InChI=1S/C20H21N3O4S/c1-13-4-7-17(14(2)10-13)21-20(25)12-23(3)28(26,27)16-6-8-18-15(11-16)5-9-19(24)22-18/h4-11H,12H2,1-3H3,(H,21,25)(H,22,24). The molecule has 1 amide bonds. The number of anilines is 1. The first-order chi connectivity index (χ1) is 13.2. The highest BCUT2D eigenvalue weighted by Gasteiger charge is 2.23. The number of rotatable bonds is 5. The maximum absolute atomic E-state index is 12.8. The van der Waals surface area contributed by atoms with Crippen LogP contribution in [0.1, 0.15) is 11.1 Å². The number of aryl methyl sites for hydroxylation is 2. The second-order valence-corrected chi connectivity index (χ2v) is 8.74. The Kier molecular flexibility index (Phi) is 5.35. The Labute approximate surface area is 163 Å². The van der Waals surface area contributed by atoms with Crippen LogP contribution in [-0.2, 0) is 14.8 Å². The van der Waals surface area contributed by atoms with E-state index in [0.717, 1.165) is 15.4 Å². The van der Waals surface area contributed by atoms with Gasteiger partial charge in [-0.05, 0) is 55.1 Å². The average molecular weight is 399 g/mol. The number of amides is 1. The van der Waals surface area contributed by atoms with Gasteiger partial charge in [-0.25, -0.2) is 8.42 Å². The van der Waals surface area contributed by atoms with Crippen molar-refractivity contribution in [2.45, 2.75) is 18.7 Å². The first-order valence-corrected chi connectivity index (χ1v) is 10.1. The van der Waals surface area contributed by atoms with Gasteiger partial charge in [-0.2, -0.15) is 4.31 Å². The van der Waals surface area contributed by atoms with E-state index >= 15 is 0 Å². The maximum atomic E-state index is 12.8.